The summed E-state index contributed by atoms with van der Waals surface area (Å²) < 4.78 is 30.5. The van der Waals surface area contributed by atoms with E-state index in [2.05, 4.69) is 78.0 Å². The topological polar surface area (TPSA) is 210 Å². The summed E-state index contributed by atoms with van der Waals surface area (Å²) in [6.45, 7) is 34.7. The second kappa shape index (κ2) is 37.7. The van der Waals surface area contributed by atoms with Gasteiger partial charge in [0.15, 0.2) is 34.9 Å². The Morgan fingerprint density at radius 2 is 0.905 bits per heavy atom. The zero-order valence-electron chi connectivity index (χ0n) is 57.0. The molecular formula is C79H107N7O9. The van der Waals surface area contributed by atoms with E-state index in [1.807, 2.05) is 97.0 Å². The molecular weight excluding hydrogens is 1190 g/mol. The first kappa shape index (κ1) is 79.2. The van der Waals surface area contributed by atoms with E-state index in [1.54, 1.807) is 38.1 Å². The monoisotopic (exact) mass is 1300 g/mol. The van der Waals surface area contributed by atoms with Gasteiger partial charge in [0, 0.05) is 66.9 Å². The van der Waals surface area contributed by atoms with Crippen LogP contribution in [-0.2, 0) is 23.8 Å². The van der Waals surface area contributed by atoms with Gasteiger partial charge in [0.25, 0.3) is 0 Å². The first-order valence-corrected chi connectivity index (χ1v) is 32.2. The molecule has 0 aliphatic heterocycles. The minimum Gasteiger partial charge on any atom is -0.507 e. The van der Waals surface area contributed by atoms with E-state index in [1.165, 1.54) is 11.1 Å². The van der Waals surface area contributed by atoms with Crippen molar-refractivity contribution in [2.45, 2.75) is 190 Å². The Kier molecular flexibility index (Phi) is 31.4. The number of benzene rings is 6. The van der Waals surface area contributed by atoms with Crippen molar-refractivity contribution in [1.82, 2.24) is 35.2 Å². The standard InChI is InChI=1S/C61H66N6O6.C15H29NO3.3CH4/c1-13-44(31-70-46-19-24-51(53(68)29-46)60-64-58(49-22-17-36(5)27-40(49)9)63-59(67-60)50-23-18-37(6)42(11)43(50)12)72-33-73-45(14-2)32-71-55-30-54(69)52(28-41(55)10)61-65-56(47-20-15-34(3)25-38(47)7)62-57(66-61)48-21-16-35(4)26-39(48)8;1-12(6-5-7-13(2)17)11-19-15(4)10-16-9-8-14(3)18;;;/h15-30,44-45,68-69H,13-14,31-33H2,1-12H3;12,15-16H,5-11H2,1-4H3;3*1H4. The number of aromatic nitrogens is 6. The lowest BCUT2D eigenvalue weighted by molar-refractivity contribution is -0.133. The van der Waals surface area contributed by atoms with E-state index in [9.17, 15) is 19.8 Å². The number of ether oxygens (including phenoxy) is 5. The molecule has 95 heavy (non-hydrogen) atoms. The molecule has 0 fully saturated rings. The maximum absolute atomic E-state index is 11.5. The Morgan fingerprint density at radius 1 is 0.463 bits per heavy atom. The predicted octanol–water partition coefficient (Wildman–Crippen LogP) is 17.8. The van der Waals surface area contributed by atoms with Gasteiger partial charge in [-0.25, -0.2) is 29.9 Å². The number of hydrogen-bond acceptors (Lipinski definition) is 16. The fraction of sp³-hybridized carbons (Fsp3) is 0.443. The van der Waals surface area contributed by atoms with Crippen molar-refractivity contribution < 1.29 is 43.5 Å². The van der Waals surface area contributed by atoms with Gasteiger partial charge < -0.3 is 44.0 Å². The second-order valence-corrected chi connectivity index (χ2v) is 24.7. The number of carbonyl (C=O) groups is 2. The summed E-state index contributed by atoms with van der Waals surface area (Å²) in [4.78, 5) is 51.1. The van der Waals surface area contributed by atoms with Crippen LogP contribution in [0.4, 0.5) is 0 Å². The van der Waals surface area contributed by atoms with Gasteiger partial charge in [-0.2, -0.15) is 0 Å². The minimum absolute atomic E-state index is 0. The molecule has 0 saturated heterocycles. The van der Waals surface area contributed by atoms with Crippen molar-refractivity contribution in [1.29, 1.82) is 0 Å². The normalized spacial score (nSPS) is 12.2. The maximum Gasteiger partial charge on any atom is 0.167 e. The molecule has 0 saturated carbocycles. The van der Waals surface area contributed by atoms with E-state index in [4.69, 9.17) is 53.6 Å². The summed E-state index contributed by atoms with van der Waals surface area (Å²) in [7, 11) is 0. The molecule has 8 rings (SSSR count). The molecule has 4 atom stereocenters. The number of aryl methyl sites for hydroxylation is 8. The quantitative estimate of drug-likeness (QED) is 0.0282. The zero-order valence-corrected chi connectivity index (χ0v) is 57.0. The third-order valence-corrected chi connectivity index (χ3v) is 16.5. The van der Waals surface area contributed by atoms with Crippen molar-refractivity contribution >= 4 is 11.6 Å². The summed E-state index contributed by atoms with van der Waals surface area (Å²) in [5, 5.41) is 26.2. The van der Waals surface area contributed by atoms with Crippen molar-refractivity contribution in [3.05, 3.63) is 153 Å². The first-order chi connectivity index (χ1) is 43.9. The molecule has 16 nitrogen and oxygen atoms in total. The third kappa shape index (κ3) is 22.7. The second-order valence-electron chi connectivity index (χ2n) is 24.7. The Labute approximate surface area is 567 Å². The average Bonchev–Trinajstić information content (AvgIpc) is 0.793. The number of Topliss-reactive ketones (excluding diaryl/α,β-unsaturated/α-hetero) is 2. The molecule has 0 aliphatic rings. The fourth-order valence-corrected chi connectivity index (χ4v) is 10.6. The number of carbonyl (C=O) groups excluding carboxylic acids is 2. The Balaban J connectivity index is 0.000000759. The molecule has 0 bridgehead atoms. The smallest absolute Gasteiger partial charge is 0.167 e. The molecule has 512 valence electrons. The van der Waals surface area contributed by atoms with Crippen LogP contribution < -0.4 is 14.8 Å². The molecule has 6 aromatic carbocycles. The SMILES string of the molecule is C.C.C.CC(=O)CCCC(C)COC(C)CNCCC(C)=O.CCC(COc1ccc(-c2nc(-c3ccc(C)cc3C)nc(-c3ccc(C)c(C)c3C)n2)c(O)c1)OCOC(CC)COc1cc(O)c(-c2nc(-c3ccc(C)cc3C)nc(-c3ccc(C)cc3C)n2)cc1C. The van der Waals surface area contributed by atoms with Gasteiger partial charge in [-0.15, -0.1) is 0 Å². The largest absolute Gasteiger partial charge is 0.507 e. The molecule has 4 unspecified atom stereocenters. The van der Waals surface area contributed by atoms with Crippen molar-refractivity contribution in [2.75, 3.05) is 39.7 Å². The third-order valence-electron chi connectivity index (χ3n) is 16.5. The van der Waals surface area contributed by atoms with Crippen LogP contribution in [0.5, 0.6) is 23.0 Å². The van der Waals surface area contributed by atoms with Crippen LogP contribution in [-0.4, -0.2) is 110 Å². The van der Waals surface area contributed by atoms with Gasteiger partial charge in [-0.3, -0.25) is 4.79 Å². The lowest BCUT2D eigenvalue weighted by atomic mass is 9.98. The number of hydrogen-bond donors (Lipinski definition) is 3. The van der Waals surface area contributed by atoms with Crippen LogP contribution in [0.2, 0.25) is 0 Å². The highest BCUT2D eigenvalue weighted by Gasteiger charge is 2.22. The van der Waals surface area contributed by atoms with Gasteiger partial charge in [0.1, 0.15) is 54.6 Å². The van der Waals surface area contributed by atoms with E-state index in [0.29, 0.717) is 89.2 Å². The summed E-state index contributed by atoms with van der Waals surface area (Å²) in [6.07, 6.45) is 4.13. The highest BCUT2D eigenvalue weighted by atomic mass is 16.7. The van der Waals surface area contributed by atoms with Crippen LogP contribution in [0.25, 0.3) is 68.3 Å². The number of aromatic hydroxyl groups is 2. The molecule has 3 N–H and O–H groups in total. The molecule has 16 heteroatoms. The van der Waals surface area contributed by atoms with Gasteiger partial charge in [-0.1, -0.05) is 126 Å². The number of phenols is 2. The molecule has 0 spiro atoms. The van der Waals surface area contributed by atoms with Gasteiger partial charge in [-0.05, 0) is 179 Å². The van der Waals surface area contributed by atoms with E-state index >= 15 is 0 Å². The summed E-state index contributed by atoms with van der Waals surface area (Å²) >= 11 is 0. The summed E-state index contributed by atoms with van der Waals surface area (Å²) in [5.41, 5.74) is 15.4. The number of nitrogens with zero attached hydrogens (tertiary/aromatic N) is 6. The summed E-state index contributed by atoms with van der Waals surface area (Å²) in [6, 6.07) is 31.3. The van der Waals surface area contributed by atoms with Crippen molar-refractivity contribution in [2.24, 2.45) is 5.92 Å². The minimum atomic E-state index is -0.293. The highest BCUT2D eigenvalue weighted by Crippen LogP contribution is 2.38. The Bertz CT molecular complexity index is 3760. The van der Waals surface area contributed by atoms with Gasteiger partial charge >= 0.3 is 0 Å². The zero-order chi connectivity index (χ0) is 66.8. The number of nitrogens with one attached hydrogen (secondary N) is 1. The average molecular weight is 1300 g/mol. The molecule has 2 aromatic heterocycles. The Morgan fingerprint density at radius 3 is 1.38 bits per heavy atom. The van der Waals surface area contributed by atoms with E-state index in [0.717, 1.165) is 99.3 Å². The molecule has 0 aliphatic carbocycles. The maximum atomic E-state index is 11.5. The Hall–Kier alpha value is -8.28. The van der Waals surface area contributed by atoms with Crippen LogP contribution in [0, 0.1) is 75.2 Å². The number of ketones is 2. The van der Waals surface area contributed by atoms with E-state index in [-0.39, 0.29) is 83.7 Å². The molecule has 0 radical (unpaired) electrons. The molecule has 8 aromatic rings. The predicted molar refractivity (Wildman–Crippen MR) is 387 cm³/mol. The van der Waals surface area contributed by atoms with Crippen LogP contribution in [0.15, 0.2) is 97.1 Å². The van der Waals surface area contributed by atoms with Crippen molar-refractivity contribution in [3.8, 4) is 91.3 Å². The number of phenolic OH excluding ortho intramolecular Hbond substituents is 2. The lowest BCUT2D eigenvalue weighted by Crippen LogP contribution is -2.29. The van der Waals surface area contributed by atoms with Crippen LogP contribution in [0.3, 0.4) is 0 Å². The van der Waals surface area contributed by atoms with Gasteiger partial charge in [0.2, 0.25) is 0 Å². The van der Waals surface area contributed by atoms with Crippen LogP contribution >= 0.6 is 0 Å². The number of rotatable bonds is 30. The first-order valence-electron chi connectivity index (χ1n) is 32.2. The van der Waals surface area contributed by atoms with E-state index < -0.39 is 0 Å². The van der Waals surface area contributed by atoms with Crippen molar-refractivity contribution in [3.63, 3.8) is 0 Å². The highest BCUT2D eigenvalue weighted by molar-refractivity contribution is 5.77. The fourth-order valence-electron chi connectivity index (χ4n) is 10.6. The van der Waals surface area contributed by atoms with Gasteiger partial charge in [0.05, 0.1) is 29.4 Å². The van der Waals surface area contributed by atoms with Crippen LogP contribution in [0.1, 0.15) is 158 Å². The molecule has 2 heterocycles. The molecule has 0 amide bonds. The lowest BCUT2D eigenvalue weighted by Gasteiger charge is -2.21. The summed E-state index contributed by atoms with van der Waals surface area (Å²) in [5.74, 6) is 4.77.